The second kappa shape index (κ2) is 7.24. The van der Waals surface area contributed by atoms with Crippen LogP contribution in [0, 0.1) is 0 Å². The molecule has 0 bridgehead atoms. The first-order chi connectivity index (χ1) is 14.2. The van der Waals surface area contributed by atoms with Crippen molar-refractivity contribution >= 4 is 17.6 Å². The molecule has 0 saturated heterocycles. The summed E-state index contributed by atoms with van der Waals surface area (Å²) in [6.45, 7) is 10.3. The van der Waals surface area contributed by atoms with Crippen LogP contribution < -0.4 is 4.74 Å². The molecule has 2 aromatic carbocycles. The van der Waals surface area contributed by atoms with Crippen LogP contribution in [0.3, 0.4) is 0 Å². The number of fused-ring (bicyclic) bond motifs is 1. The molecule has 1 aliphatic heterocycles. The number of imide groups is 1. The van der Waals surface area contributed by atoms with Crippen LogP contribution >= 0.6 is 0 Å². The average Bonchev–Trinajstić information content (AvgIpc) is 2.93. The lowest BCUT2D eigenvalue weighted by Crippen LogP contribution is -2.46. The summed E-state index contributed by atoms with van der Waals surface area (Å²) in [4.78, 5) is 39.7. The Morgan fingerprint density at radius 2 is 1.70 bits per heavy atom. The molecule has 0 spiro atoms. The van der Waals surface area contributed by atoms with Gasteiger partial charge in [-0.1, -0.05) is 51.1 Å². The van der Waals surface area contributed by atoms with Gasteiger partial charge in [0.15, 0.2) is 5.78 Å². The molecule has 5 heteroatoms. The number of hydrogen-bond acceptors (Lipinski definition) is 4. The fourth-order valence-electron chi connectivity index (χ4n) is 4.02. The number of amides is 2. The molecule has 0 N–H and O–H groups in total. The van der Waals surface area contributed by atoms with Crippen molar-refractivity contribution in [1.82, 2.24) is 4.90 Å². The predicted octanol–water partition coefficient (Wildman–Crippen LogP) is 5.05. The lowest BCUT2D eigenvalue weighted by Gasteiger charge is -2.29. The molecule has 5 nitrogen and oxygen atoms in total. The summed E-state index contributed by atoms with van der Waals surface area (Å²) in [6, 6.07) is 11.9. The van der Waals surface area contributed by atoms with Gasteiger partial charge in [-0.15, -0.1) is 0 Å². The zero-order valence-corrected chi connectivity index (χ0v) is 17.5. The molecule has 1 aliphatic carbocycles. The highest BCUT2D eigenvalue weighted by molar-refractivity contribution is 6.24. The molecule has 2 amide bonds. The van der Waals surface area contributed by atoms with Gasteiger partial charge in [0, 0.05) is 6.42 Å². The fourth-order valence-corrected chi connectivity index (χ4v) is 4.02. The number of rotatable bonds is 3. The van der Waals surface area contributed by atoms with Crippen LogP contribution in [-0.2, 0) is 10.2 Å². The summed E-state index contributed by atoms with van der Waals surface area (Å²) < 4.78 is 5.99. The third-order valence-electron chi connectivity index (χ3n) is 5.74. The van der Waals surface area contributed by atoms with Crippen molar-refractivity contribution in [3.63, 3.8) is 0 Å². The van der Waals surface area contributed by atoms with Crippen molar-refractivity contribution in [2.75, 3.05) is 0 Å². The Hall–Kier alpha value is -3.21. The van der Waals surface area contributed by atoms with Gasteiger partial charge in [-0.25, -0.2) is 0 Å². The van der Waals surface area contributed by atoms with Gasteiger partial charge in [-0.05, 0) is 48.1 Å². The van der Waals surface area contributed by atoms with Crippen LogP contribution in [0.4, 0.5) is 0 Å². The molecular weight excluding hydrogens is 378 g/mol. The van der Waals surface area contributed by atoms with Crippen molar-refractivity contribution in [2.24, 2.45) is 0 Å². The maximum Gasteiger partial charge on any atom is 0.266 e. The summed E-state index contributed by atoms with van der Waals surface area (Å²) in [5, 5.41) is 0. The van der Waals surface area contributed by atoms with Gasteiger partial charge < -0.3 is 4.74 Å². The number of carbonyl (C=O) groups excluding carboxylic acids is 3. The molecule has 154 valence electrons. The van der Waals surface area contributed by atoms with Gasteiger partial charge in [0.05, 0.1) is 17.2 Å². The number of nitrogens with zero attached hydrogens (tertiary/aromatic N) is 1. The molecule has 0 aromatic heterocycles. The maximum absolute atomic E-state index is 13.2. The lowest BCUT2D eigenvalue weighted by atomic mass is 9.87. The number of hydrogen-bond donors (Lipinski definition) is 0. The first-order valence-electron chi connectivity index (χ1n) is 10.2. The molecule has 30 heavy (non-hydrogen) atoms. The predicted molar refractivity (Wildman–Crippen MR) is 114 cm³/mol. The van der Waals surface area contributed by atoms with Gasteiger partial charge in [0.1, 0.15) is 11.5 Å². The molecule has 2 aromatic rings. The normalized spacial score (nSPS) is 19.3. The van der Waals surface area contributed by atoms with Gasteiger partial charge in [0.2, 0.25) is 0 Å². The van der Waals surface area contributed by atoms with E-state index in [0.717, 1.165) is 10.5 Å². The Morgan fingerprint density at radius 3 is 2.33 bits per heavy atom. The molecule has 1 fully saturated rings. The van der Waals surface area contributed by atoms with Crippen LogP contribution in [0.1, 0.15) is 66.3 Å². The minimum absolute atomic E-state index is 0.0211. The monoisotopic (exact) mass is 403 g/mol. The SMILES string of the molecule is C=C1CCC(N2C(=O)c3cccc(Oc4ccc(C(C)(C)C)cc4)c3C2=O)C(=O)C1. The van der Waals surface area contributed by atoms with Crippen LogP contribution in [-0.4, -0.2) is 28.5 Å². The van der Waals surface area contributed by atoms with E-state index in [0.29, 0.717) is 24.3 Å². The highest BCUT2D eigenvalue weighted by atomic mass is 16.5. The van der Waals surface area contributed by atoms with Crippen LogP contribution in [0.5, 0.6) is 11.5 Å². The van der Waals surface area contributed by atoms with Crippen molar-refractivity contribution in [3.05, 3.63) is 71.3 Å². The van der Waals surface area contributed by atoms with Gasteiger partial charge in [-0.3, -0.25) is 19.3 Å². The van der Waals surface area contributed by atoms with E-state index in [-0.39, 0.29) is 28.7 Å². The third kappa shape index (κ3) is 3.45. The Morgan fingerprint density at radius 1 is 1.00 bits per heavy atom. The number of benzene rings is 2. The van der Waals surface area contributed by atoms with E-state index in [2.05, 4.69) is 27.4 Å². The molecule has 1 unspecified atom stereocenters. The minimum Gasteiger partial charge on any atom is -0.457 e. The van der Waals surface area contributed by atoms with Crippen LogP contribution in [0.15, 0.2) is 54.6 Å². The molecule has 1 heterocycles. The summed E-state index contributed by atoms with van der Waals surface area (Å²) in [5.74, 6) is -0.136. The Labute approximate surface area is 176 Å². The second-order valence-corrected chi connectivity index (χ2v) is 8.98. The number of ketones is 1. The van der Waals surface area contributed by atoms with E-state index in [9.17, 15) is 14.4 Å². The topological polar surface area (TPSA) is 63.7 Å². The minimum atomic E-state index is -0.734. The Bertz CT molecular complexity index is 1060. The largest absolute Gasteiger partial charge is 0.457 e. The zero-order valence-electron chi connectivity index (χ0n) is 17.5. The first-order valence-corrected chi connectivity index (χ1v) is 10.2. The van der Waals surface area contributed by atoms with Crippen LogP contribution in [0.2, 0.25) is 0 Å². The fraction of sp³-hybridized carbons (Fsp3) is 0.320. The maximum atomic E-state index is 13.2. The van der Waals surface area contributed by atoms with E-state index in [1.165, 1.54) is 5.56 Å². The van der Waals surface area contributed by atoms with E-state index in [4.69, 9.17) is 4.74 Å². The van der Waals surface area contributed by atoms with Crippen molar-refractivity contribution in [3.8, 4) is 11.5 Å². The van der Waals surface area contributed by atoms with Gasteiger partial charge >= 0.3 is 0 Å². The van der Waals surface area contributed by atoms with Crippen molar-refractivity contribution < 1.29 is 19.1 Å². The molecule has 1 saturated carbocycles. The first kappa shape index (κ1) is 20.1. The van der Waals surface area contributed by atoms with Gasteiger partial charge in [-0.2, -0.15) is 0 Å². The number of ether oxygens (including phenoxy) is 1. The molecular formula is C25H25NO4. The Balaban J connectivity index is 1.63. The Kier molecular flexibility index (Phi) is 4.85. The average molecular weight is 403 g/mol. The number of carbonyl (C=O) groups is 3. The molecule has 4 rings (SSSR count). The highest BCUT2D eigenvalue weighted by Gasteiger charge is 2.45. The quantitative estimate of drug-likeness (QED) is 0.531. The highest BCUT2D eigenvalue weighted by Crippen LogP contribution is 2.37. The lowest BCUT2D eigenvalue weighted by molar-refractivity contribution is -0.123. The standard InChI is InChI=1S/C25H25NO4/c1-15-8-13-19(20(27)14-15)26-23(28)18-6-5-7-21(22(18)24(26)29)30-17-11-9-16(10-12-17)25(2,3)4/h5-7,9-12,19H,1,8,13-14H2,2-4H3. The zero-order chi connectivity index (χ0) is 21.6. The molecule has 2 aliphatic rings. The van der Waals surface area contributed by atoms with Crippen LogP contribution in [0.25, 0.3) is 0 Å². The van der Waals surface area contributed by atoms with E-state index in [1.807, 2.05) is 24.3 Å². The number of allylic oxidation sites excluding steroid dienone is 1. The summed E-state index contributed by atoms with van der Waals surface area (Å²) in [7, 11) is 0. The smallest absolute Gasteiger partial charge is 0.266 e. The summed E-state index contributed by atoms with van der Waals surface area (Å²) in [6.07, 6.45) is 1.27. The van der Waals surface area contributed by atoms with Gasteiger partial charge in [0.25, 0.3) is 11.8 Å². The summed E-state index contributed by atoms with van der Waals surface area (Å²) in [5.41, 5.74) is 2.53. The van der Waals surface area contributed by atoms with E-state index >= 15 is 0 Å². The van der Waals surface area contributed by atoms with E-state index < -0.39 is 17.9 Å². The summed E-state index contributed by atoms with van der Waals surface area (Å²) >= 11 is 0. The van der Waals surface area contributed by atoms with Crippen molar-refractivity contribution in [2.45, 2.75) is 51.5 Å². The molecule has 1 atom stereocenters. The van der Waals surface area contributed by atoms with Crippen molar-refractivity contribution in [1.29, 1.82) is 0 Å². The third-order valence-corrected chi connectivity index (χ3v) is 5.74. The second-order valence-electron chi connectivity index (χ2n) is 8.98. The number of Topliss-reactive ketones (excluding diaryl/α,β-unsaturated/α-hetero) is 1. The van der Waals surface area contributed by atoms with E-state index in [1.54, 1.807) is 18.2 Å². The molecule has 0 radical (unpaired) electrons.